The largest absolute Gasteiger partial charge is 0.320 e. The standard InChI is InChI=1S/C8H11F2N3/c1-5-2-6(13-12-5)7(11)3-8(9,10)4-7/h2H,3-4,11H2,1H3,(H,12,13). The molecule has 0 amide bonds. The van der Waals surface area contributed by atoms with Gasteiger partial charge in [0.05, 0.1) is 11.2 Å². The van der Waals surface area contributed by atoms with Crippen LogP contribution in [0, 0.1) is 6.92 Å². The topological polar surface area (TPSA) is 54.7 Å². The summed E-state index contributed by atoms with van der Waals surface area (Å²) in [6, 6.07) is 1.72. The van der Waals surface area contributed by atoms with Crippen molar-refractivity contribution in [3.63, 3.8) is 0 Å². The maximum atomic E-state index is 12.6. The van der Waals surface area contributed by atoms with E-state index in [4.69, 9.17) is 5.73 Å². The molecule has 0 spiro atoms. The number of aromatic amines is 1. The van der Waals surface area contributed by atoms with E-state index in [1.807, 2.05) is 6.92 Å². The van der Waals surface area contributed by atoms with Crippen LogP contribution in [-0.2, 0) is 5.54 Å². The zero-order chi connectivity index (χ0) is 9.69. The number of H-pyrrole nitrogens is 1. The fourth-order valence-corrected chi connectivity index (χ4v) is 1.73. The van der Waals surface area contributed by atoms with Crippen molar-refractivity contribution >= 4 is 0 Å². The maximum Gasteiger partial charge on any atom is 0.252 e. The molecule has 0 atom stereocenters. The minimum atomic E-state index is -2.61. The number of aryl methyl sites for hydroxylation is 1. The van der Waals surface area contributed by atoms with Gasteiger partial charge in [-0.1, -0.05) is 0 Å². The van der Waals surface area contributed by atoms with E-state index in [1.165, 1.54) is 0 Å². The minimum absolute atomic E-state index is 0.301. The molecule has 0 aliphatic heterocycles. The Bertz CT molecular complexity index is 324. The van der Waals surface area contributed by atoms with Gasteiger partial charge in [0, 0.05) is 18.5 Å². The predicted molar refractivity (Wildman–Crippen MR) is 43.4 cm³/mol. The van der Waals surface area contributed by atoms with E-state index in [9.17, 15) is 8.78 Å². The number of nitrogens with two attached hydrogens (primary N) is 1. The molecule has 0 saturated heterocycles. The summed E-state index contributed by atoms with van der Waals surface area (Å²) in [5.74, 6) is -2.61. The summed E-state index contributed by atoms with van der Waals surface area (Å²) in [4.78, 5) is 0. The van der Waals surface area contributed by atoms with Crippen molar-refractivity contribution in [3.8, 4) is 0 Å². The van der Waals surface area contributed by atoms with Gasteiger partial charge in [-0.15, -0.1) is 0 Å². The van der Waals surface area contributed by atoms with E-state index in [2.05, 4.69) is 10.2 Å². The molecule has 3 N–H and O–H groups in total. The van der Waals surface area contributed by atoms with Crippen molar-refractivity contribution in [2.45, 2.75) is 31.2 Å². The first kappa shape index (κ1) is 8.62. The Morgan fingerprint density at radius 3 is 2.54 bits per heavy atom. The zero-order valence-corrected chi connectivity index (χ0v) is 7.27. The van der Waals surface area contributed by atoms with Gasteiger partial charge in [0.2, 0.25) is 0 Å². The Hall–Kier alpha value is -0.970. The second kappa shape index (κ2) is 2.29. The van der Waals surface area contributed by atoms with E-state index in [1.54, 1.807) is 6.07 Å². The zero-order valence-electron chi connectivity index (χ0n) is 7.27. The quantitative estimate of drug-likeness (QED) is 0.696. The summed E-state index contributed by atoms with van der Waals surface area (Å²) < 4.78 is 25.2. The number of nitrogens with one attached hydrogen (secondary N) is 1. The van der Waals surface area contributed by atoms with Crippen molar-refractivity contribution in [3.05, 3.63) is 17.5 Å². The van der Waals surface area contributed by atoms with Crippen LogP contribution in [0.3, 0.4) is 0 Å². The maximum absolute atomic E-state index is 12.6. The van der Waals surface area contributed by atoms with Gasteiger partial charge in [-0.25, -0.2) is 8.78 Å². The summed E-state index contributed by atoms with van der Waals surface area (Å²) in [7, 11) is 0. The number of nitrogens with zero attached hydrogens (tertiary/aromatic N) is 1. The third kappa shape index (κ3) is 1.33. The lowest BCUT2D eigenvalue weighted by Gasteiger charge is -2.43. The molecule has 1 heterocycles. The third-order valence-corrected chi connectivity index (χ3v) is 2.36. The van der Waals surface area contributed by atoms with Gasteiger partial charge in [-0.05, 0) is 13.0 Å². The molecule has 1 aliphatic rings. The molecule has 72 valence electrons. The van der Waals surface area contributed by atoms with Crippen LogP contribution in [0.1, 0.15) is 24.2 Å². The first-order valence-electron chi connectivity index (χ1n) is 4.11. The highest BCUT2D eigenvalue weighted by molar-refractivity contribution is 5.22. The predicted octanol–water partition coefficient (Wildman–Crippen LogP) is 1.30. The lowest BCUT2D eigenvalue weighted by molar-refractivity contribution is -0.126. The summed E-state index contributed by atoms with van der Waals surface area (Å²) in [5.41, 5.74) is 6.21. The Balaban J connectivity index is 2.20. The SMILES string of the molecule is Cc1cc(C2(N)CC(F)(F)C2)n[nH]1. The molecule has 0 bridgehead atoms. The monoisotopic (exact) mass is 187 g/mol. The van der Waals surface area contributed by atoms with E-state index >= 15 is 0 Å². The second-order valence-electron chi connectivity index (χ2n) is 3.80. The molecule has 5 heteroatoms. The second-order valence-corrected chi connectivity index (χ2v) is 3.80. The van der Waals surface area contributed by atoms with Crippen LogP contribution in [0.2, 0.25) is 0 Å². The number of aromatic nitrogens is 2. The molecule has 1 fully saturated rings. The molecule has 3 nitrogen and oxygen atoms in total. The molecular weight excluding hydrogens is 176 g/mol. The molecular formula is C8H11F2N3. The normalized spacial score (nSPS) is 24.0. The lowest BCUT2D eigenvalue weighted by Crippen LogP contribution is -2.55. The molecule has 1 aromatic rings. The summed E-state index contributed by atoms with van der Waals surface area (Å²) >= 11 is 0. The van der Waals surface area contributed by atoms with Crippen molar-refractivity contribution in [1.82, 2.24) is 10.2 Å². The van der Waals surface area contributed by atoms with Crippen LogP contribution >= 0.6 is 0 Å². The molecule has 0 radical (unpaired) electrons. The van der Waals surface area contributed by atoms with Crippen molar-refractivity contribution in [2.24, 2.45) is 5.73 Å². The molecule has 1 aromatic heterocycles. The number of rotatable bonds is 1. The summed E-state index contributed by atoms with van der Waals surface area (Å²) in [5, 5.41) is 6.59. The Morgan fingerprint density at radius 1 is 1.54 bits per heavy atom. The third-order valence-electron chi connectivity index (χ3n) is 2.36. The Morgan fingerprint density at radius 2 is 2.15 bits per heavy atom. The minimum Gasteiger partial charge on any atom is -0.320 e. The molecule has 0 aromatic carbocycles. The van der Waals surface area contributed by atoms with Crippen molar-refractivity contribution < 1.29 is 8.78 Å². The molecule has 1 saturated carbocycles. The van der Waals surface area contributed by atoms with E-state index in [0.717, 1.165) is 5.69 Å². The van der Waals surface area contributed by atoms with Gasteiger partial charge in [0.25, 0.3) is 5.92 Å². The number of hydrogen-bond acceptors (Lipinski definition) is 2. The van der Waals surface area contributed by atoms with Crippen molar-refractivity contribution in [1.29, 1.82) is 0 Å². The molecule has 0 unspecified atom stereocenters. The van der Waals surface area contributed by atoms with Gasteiger partial charge >= 0.3 is 0 Å². The van der Waals surface area contributed by atoms with Gasteiger partial charge in [0.1, 0.15) is 0 Å². The summed E-state index contributed by atoms with van der Waals surface area (Å²) in [6.45, 7) is 1.82. The van der Waals surface area contributed by atoms with E-state index in [-0.39, 0.29) is 12.8 Å². The van der Waals surface area contributed by atoms with Crippen LogP contribution < -0.4 is 5.73 Å². The van der Waals surface area contributed by atoms with Gasteiger partial charge in [0.15, 0.2) is 0 Å². The average Bonchev–Trinajstić information content (AvgIpc) is 2.31. The van der Waals surface area contributed by atoms with E-state index in [0.29, 0.717) is 5.69 Å². The fraction of sp³-hybridized carbons (Fsp3) is 0.625. The molecule has 13 heavy (non-hydrogen) atoms. The van der Waals surface area contributed by atoms with Crippen LogP contribution in [0.25, 0.3) is 0 Å². The van der Waals surface area contributed by atoms with Crippen LogP contribution in [-0.4, -0.2) is 16.1 Å². The molecule has 1 aliphatic carbocycles. The first-order valence-corrected chi connectivity index (χ1v) is 4.11. The lowest BCUT2D eigenvalue weighted by atomic mass is 9.72. The first-order chi connectivity index (χ1) is 5.91. The fourth-order valence-electron chi connectivity index (χ4n) is 1.73. The van der Waals surface area contributed by atoms with Gasteiger partial charge < -0.3 is 5.73 Å². The van der Waals surface area contributed by atoms with Crippen LogP contribution in [0.4, 0.5) is 8.78 Å². The Kier molecular flexibility index (Phi) is 1.52. The van der Waals surface area contributed by atoms with Gasteiger partial charge in [-0.2, -0.15) is 5.10 Å². The van der Waals surface area contributed by atoms with Crippen molar-refractivity contribution in [2.75, 3.05) is 0 Å². The highest BCUT2D eigenvalue weighted by Crippen LogP contribution is 2.49. The highest BCUT2D eigenvalue weighted by atomic mass is 19.3. The number of alkyl halides is 2. The van der Waals surface area contributed by atoms with Gasteiger partial charge in [-0.3, -0.25) is 5.10 Å². The van der Waals surface area contributed by atoms with Crippen LogP contribution in [0.15, 0.2) is 6.07 Å². The number of halogens is 2. The van der Waals surface area contributed by atoms with Crippen LogP contribution in [0.5, 0.6) is 0 Å². The smallest absolute Gasteiger partial charge is 0.252 e. The number of hydrogen-bond donors (Lipinski definition) is 2. The molecule has 2 rings (SSSR count). The Labute approximate surface area is 74.3 Å². The highest BCUT2D eigenvalue weighted by Gasteiger charge is 2.56. The summed E-state index contributed by atoms with van der Waals surface area (Å²) in [6.07, 6.45) is -0.603. The van der Waals surface area contributed by atoms with E-state index < -0.39 is 11.5 Å². The average molecular weight is 187 g/mol.